The predicted octanol–water partition coefficient (Wildman–Crippen LogP) is 1.59. The van der Waals surface area contributed by atoms with Crippen molar-refractivity contribution in [2.75, 3.05) is 0 Å². The highest BCUT2D eigenvalue weighted by Crippen LogP contribution is 2.47. The number of carbonyl (C=O) groups excluding carboxylic acids is 2. The van der Waals surface area contributed by atoms with Crippen molar-refractivity contribution in [2.24, 2.45) is 5.41 Å². The number of nitrogens with zero attached hydrogens (tertiary/aromatic N) is 3. The number of piperidine rings is 1. The first-order valence-corrected chi connectivity index (χ1v) is 6.70. The van der Waals surface area contributed by atoms with Crippen molar-refractivity contribution in [3.05, 3.63) is 11.7 Å². The molecule has 2 amide bonds. The van der Waals surface area contributed by atoms with Crippen LogP contribution in [0.4, 0.5) is 0 Å². The lowest BCUT2D eigenvalue weighted by molar-refractivity contribution is -0.154. The summed E-state index contributed by atoms with van der Waals surface area (Å²) in [6.45, 7) is 1.81. The first-order valence-electron chi connectivity index (χ1n) is 6.70. The van der Waals surface area contributed by atoms with Gasteiger partial charge in [0.1, 0.15) is 0 Å². The first kappa shape index (κ1) is 12.3. The van der Waals surface area contributed by atoms with Crippen LogP contribution in [0, 0.1) is 12.3 Å². The number of aryl methyl sites for hydroxylation is 1. The van der Waals surface area contributed by atoms with Crippen LogP contribution in [0.15, 0.2) is 4.52 Å². The molecule has 1 saturated carbocycles. The second kappa shape index (κ2) is 4.43. The molecule has 102 valence electrons. The molecular weight excluding hydrogens is 246 g/mol. The van der Waals surface area contributed by atoms with E-state index in [-0.39, 0.29) is 23.8 Å². The number of amides is 2. The Morgan fingerprint density at radius 1 is 1.21 bits per heavy atom. The summed E-state index contributed by atoms with van der Waals surface area (Å²) >= 11 is 0. The number of likely N-dealkylation sites (tertiary alicyclic amines) is 1. The Hall–Kier alpha value is -1.72. The van der Waals surface area contributed by atoms with Crippen molar-refractivity contribution >= 4 is 11.8 Å². The maximum absolute atomic E-state index is 12.2. The molecule has 6 heteroatoms. The summed E-state index contributed by atoms with van der Waals surface area (Å²) in [5.41, 5.74) is -0.0577. The molecule has 19 heavy (non-hydrogen) atoms. The summed E-state index contributed by atoms with van der Waals surface area (Å²) in [4.78, 5) is 29.7. The van der Waals surface area contributed by atoms with Crippen LogP contribution in [0.3, 0.4) is 0 Å². The van der Waals surface area contributed by atoms with Crippen LogP contribution < -0.4 is 0 Å². The highest BCUT2D eigenvalue weighted by atomic mass is 16.5. The quantitative estimate of drug-likeness (QED) is 0.757. The average molecular weight is 263 g/mol. The lowest BCUT2D eigenvalue weighted by Gasteiger charge is -2.36. The van der Waals surface area contributed by atoms with Crippen molar-refractivity contribution < 1.29 is 14.1 Å². The van der Waals surface area contributed by atoms with Gasteiger partial charge in [0.25, 0.3) is 0 Å². The van der Waals surface area contributed by atoms with Crippen molar-refractivity contribution in [2.45, 2.75) is 52.0 Å². The SMILES string of the molecule is Cc1nc(CN2C(=O)CC3(CCCC3)CC2=O)no1. The van der Waals surface area contributed by atoms with E-state index in [9.17, 15) is 9.59 Å². The van der Waals surface area contributed by atoms with Crippen molar-refractivity contribution in [1.29, 1.82) is 0 Å². The molecule has 1 saturated heterocycles. The van der Waals surface area contributed by atoms with Gasteiger partial charge in [-0.15, -0.1) is 0 Å². The Labute approximate surface area is 111 Å². The monoisotopic (exact) mass is 263 g/mol. The maximum atomic E-state index is 12.2. The van der Waals surface area contributed by atoms with Gasteiger partial charge in [-0.1, -0.05) is 18.0 Å². The Bertz CT molecular complexity index is 497. The van der Waals surface area contributed by atoms with E-state index >= 15 is 0 Å². The number of hydrogen-bond donors (Lipinski definition) is 0. The minimum Gasteiger partial charge on any atom is -0.340 e. The Morgan fingerprint density at radius 2 is 1.84 bits per heavy atom. The normalized spacial score (nSPS) is 22.5. The van der Waals surface area contributed by atoms with Crippen LogP contribution in [0.5, 0.6) is 0 Å². The standard InChI is InChI=1S/C13H17N3O3/c1-9-14-10(15-19-9)8-16-11(17)6-13(7-12(16)18)4-2-3-5-13/h2-8H2,1H3. The van der Waals surface area contributed by atoms with Crippen molar-refractivity contribution in [1.82, 2.24) is 15.0 Å². The second-order valence-electron chi connectivity index (χ2n) is 5.66. The maximum Gasteiger partial charge on any atom is 0.230 e. The summed E-state index contributed by atoms with van der Waals surface area (Å²) in [5, 5.41) is 3.74. The molecule has 0 atom stereocenters. The van der Waals surface area contributed by atoms with E-state index in [1.165, 1.54) is 4.90 Å². The number of hydrogen-bond acceptors (Lipinski definition) is 5. The molecule has 0 unspecified atom stereocenters. The van der Waals surface area contributed by atoms with E-state index in [2.05, 4.69) is 10.1 Å². The smallest absolute Gasteiger partial charge is 0.230 e. The lowest BCUT2D eigenvalue weighted by Crippen LogP contribution is -2.46. The molecular formula is C13H17N3O3. The minimum absolute atomic E-state index is 0.0577. The zero-order chi connectivity index (χ0) is 13.5. The van der Waals surface area contributed by atoms with Gasteiger partial charge in [0.15, 0.2) is 5.82 Å². The fraction of sp³-hybridized carbons (Fsp3) is 0.692. The van der Waals surface area contributed by atoms with Gasteiger partial charge in [-0.05, 0) is 18.3 Å². The van der Waals surface area contributed by atoms with Gasteiger partial charge in [0, 0.05) is 19.8 Å². The van der Waals surface area contributed by atoms with Gasteiger partial charge in [-0.2, -0.15) is 4.98 Å². The number of carbonyl (C=O) groups is 2. The highest BCUT2D eigenvalue weighted by molar-refractivity contribution is 5.98. The molecule has 6 nitrogen and oxygen atoms in total. The molecule has 3 rings (SSSR count). The van der Waals surface area contributed by atoms with Crippen LogP contribution in [-0.4, -0.2) is 26.9 Å². The average Bonchev–Trinajstić information content (AvgIpc) is 2.94. The number of rotatable bonds is 2. The third-order valence-corrected chi connectivity index (χ3v) is 4.19. The largest absolute Gasteiger partial charge is 0.340 e. The van der Waals surface area contributed by atoms with Crippen molar-refractivity contribution in [3.63, 3.8) is 0 Å². The van der Waals surface area contributed by atoms with E-state index in [0.29, 0.717) is 24.6 Å². The van der Waals surface area contributed by atoms with Gasteiger partial charge < -0.3 is 4.52 Å². The third kappa shape index (κ3) is 2.27. The van der Waals surface area contributed by atoms with E-state index in [1.54, 1.807) is 6.92 Å². The van der Waals surface area contributed by atoms with Gasteiger partial charge in [0.2, 0.25) is 17.7 Å². The molecule has 1 aromatic rings. The predicted molar refractivity (Wildman–Crippen MR) is 64.7 cm³/mol. The zero-order valence-corrected chi connectivity index (χ0v) is 11.0. The van der Waals surface area contributed by atoms with E-state index in [1.807, 2.05) is 0 Å². The van der Waals surface area contributed by atoms with Crippen LogP contribution in [0.25, 0.3) is 0 Å². The molecule has 0 radical (unpaired) electrons. The summed E-state index contributed by atoms with van der Waals surface area (Å²) in [5.74, 6) is 0.641. The Balaban J connectivity index is 1.73. The van der Waals surface area contributed by atoms with Crippen LogP contribution in [-0.2, 0) is 16.1 Å². The molecule has 1 aromatic heterocycles. The Kier molecular flexibility index (Phi) is 2.88. The number of aromatic nitrogens is 2. The van der Waals surface area contributed by atoms with Gasteiger partial charge in [-0.3, -0.25) is 14.5 Å². The summed E-state index contributed by atoms with van der Waals surface area (Å²) in [6.07, 6.45) is 5.22. The lowest BCUT2D eigenvalue weighted by atomic mass is 9.76. The summed E-state index contributed by atoms with van der Waals surface area (Å²) in [6, 6.07) is 0. The molecule has 0 N–H and O–H groups in total. The topological polar surface area (TPSA) is 76.3 Å². The second-order valence-corrected chi connectivity index (χ2v) is 5.66. The van der Waals surface area contributed by atoms with E-state index in [4.69, 9.17) is 4.52 Å². The summed E-state index contributed by atoms with van der Waals surface area (Å²) in [7, 11) is 0. The molecule has 1 spiro atoms. The molecule has 2 aliphatic rings. The third-order valence-electron chi connectivity index (χ3n) is 4.19. The summed E-state index contributed by atoms with van der Waals surface area (Å²) < 4.78 is 4.86. The first-order chi connectivity index (χ1) is 9.08. The van der Waals surface area contributed by atoms with Crippen LogP contribution in [0.2, 0.25) is 0 Å². The molecule has 2 fully saturated rings. The highest BCUT2D eigenvalue weighted by Gasteiger charge is 2.45. The van der Waals surface area contributed by atoms with Gasteiger partial charge in [0.05, 0.1) is 6.54 Å². The van der Waals surface area contributed by atoms with E-state index < -0.39 is 0 Å². The molecule has 0 bridgehead atoms. The minimum atomic E-state index is -0.0967. The zero-order valence-electron chi connectivity index (χ0n) is 11.0. The number of imide groups is 1. The van der Waals surface area contributed by atoms with Gasteiger partial charge in [-0.25, -0.2) is 0 Å². The van der Waals surface area contributed by atoms with Crippen molar-refractivity contribution in [3.8, 4) is 0 Å². The van der Waals surface area contributed by atoms with Crippen LogP contribution in [0.1, 0.15) is 50.2 Å². The molecule has 1 aliphatic heterocycles. The van der Waals surface area contributed by atoms with E-state index in [0.717, 1.165) is 25.7 Å². The molecule has 0 aromatic carbocycles. The fourth-order valence-electron chi connectivity index (χ4n) is 3.24. The fourth-order valence-corrected chi connectivity index (χ4v) is 3.24. The van der Waals surface area contributed by atoms with Crippen LogP contribution >= 0.6 is 0 Å². The van der Waals surface area contributed by atoms with Gasteiger partial charge >= 0.3 is 0 Å². The molecule has 1 aliphatic carbocycles. The molecule has 2 heterocycles. The Morgan fingerprint density at radius 3 is 2.37 bits per heavy atom.